The lowest BCUT2D eigenvalue weighted by Gasteiger charge is -2.36. The number of nitrogens with zero attached hydrogens (tertiary/aromatic N) is 5. The van der Waals surface area contributed by atoms with E-state index in [1.165, 1.54) is 11.1 Å². The van der Waals surface area contributed by atoms with Crippen LogP contribution in [0.3, 0.4) is 0 Å². The first-order chi connectivity index (χ1) is 14.6. The first-order valence-corrected chi connectivity index (χ1v) is 10.5. The van der Waals surface area contributed by atoms with Gasteiger partial charge in [0.05, 0.1) is 16.6 Å². The van der Waals surface area contributed by atoms with E-state index in [1.807, 2.05) is 30.9 Å². The van der Waals surface area contributed by atoms with Crippen molar-refractivity contribution in [2.75, 3.05) is 31.1 Å². The van der Waals surface area contributed by atoms with Crippen LogP contribution in [0.1, 0.15) is 18.1 Å². The second-order valence-corrected chi connectivity index (χ2v) is 8.06. The fraction of sp³-hybridized carbons (Fsp3) is 0.348. The van der Waals surface area contributed by atoms with Crippen LogP contribution in [0.2, 0.25) is 0 Å². The van der Waals surface area contributed by atoms with Crippen molar-refractivity contribution in [1.82, 2.24) is 24.6 Å². The van der Waals surface area contributed by atoms with Crippen molar-refractivity contribution >= 4 is 27.6 Å². The third-order valence-corrected chi connectivity index (χ3v) is 5.95. The van der Waals surface area contributed by atoms with E-state index >= 15 is 0 Å². The van der Waals surface area contributed by atoms with Crippen LogP contribution < -0.4 is 10.5 Å². The molecule has 1 aliphatic rings. The molecule has 0 atom stereocenters. The summed E-state index contributed by atoms with van der Waals surface area (Å²) in [5.41, 5.74) is 5.86. The van der Waals surface area contributed by atoms with E-state index in [0.717, 1.165) is 60.4 Å². The van der Waals surface area contributed by atoms with Crippen molar-refractivity contribution in [2.45, 2.75) is 19.9 Å². The van der Waals surface area contributed by atoms with Crippen LogP contribution in [-0.4, -0.2) is 50.8 Å². The molecular formula is C23H26N6O. The number of pyridine rings is 2. The molecule has 1 N–H and O–H groups in total. The Morgan fingerprint density at radius 3 is 2.70 bits per heavy atom. The lowest BCUT2D eigenvalue weighted by atomic mass is 10.1. The van der Waals surface area contributed by atoms with Crippen LogP contribution in [0, 0.1) is 0 Å². The van der Waals surface area contributed by atoms with Crippen molar-refractivity contribution in [2.24, 2.45) is 7.05 Å². The van der Waals surface area contributed by atoms with Gasteiger partial charge in [0.15, 0.2) is 0 Å². The minimum Gasteiger partial charge on any atom is -0.369 e. The number of aryl methyl sites for hydroxylation is 2. The Morgan fingerprint density at radius 2 is 1.90 bits per heavy atom. The molecule has 0 amide bonds. The lowest BCUT2D eigenvalue weighted by Crippen LogP contribution is -2.45. The number of piperazine rings is 1. The quantitative estimate of drug-likeness (QED) is 0.568. The van der Waals surface area contributed by atoms with Crippen molar-refractivity contribution in [3.05, 3.63) is 64.2 Å². The van der Waals surface area contributed by atoms with Gasteiger partial charge in [-0.2, -0.15) is 5.10 Å². The number of H-pyrrole nitrogens is 1. The summed E-state index contributed by atoms with van der Waals surface area (Å²) in [6.45, 7) is 6.80. The van der Waals surface area contributed by atoms with Gasteiger partial charge >= 0.3 is 0 Å². The lowest BCUT2D eigenvalue weighted by molar-refractivity contribution is 0.250. The van der Waals surface area contributed by atoms with Crippen LogP contribution in [0.5, 0.6) is 0 Å². The van der Waals surface area contributed by atoms with Crippen molar-refractivity contribution < 1.29 is 0 Å². The Morgan fingerprint density at radius 1 is 1.07 bits per heavy atom. The number of rotatable bonds is 4. The standard InChI is InChI=1S/C23H26N6O/c1-3-17-12-21-22(25-23(17)30)10-16(13-24-21)14-28-6-8-29(9-7-28)19-4-5-20-18(11-19)15-27(2)26-20/h4-5,10-13,15H,3,6-9,14H2,1-2H3,(H,25,30). The third kappa shape index (κ3) is 3.57. The van der Waals surface area contributed by atoms with Crippen LogP contribution in [-0.2, 0) is 20.0 Å². The largest absolute Gasteiger partial charge is 0.369 e. The zero-order valence-corrected chi connectivity index (χ0v) is 17.4. The summed E-state index contributed by atoms with van der Waals surface area (Å²) in [7, 11) is 1.96. The average Bonchev–Trinajstić information content (AvgIpc) is 3.13. The minimum absolute atomic E-state index is 0.0110. The van der Waals surface area contributed by atoms with Gasteiger partial charge in [-0.3, -0.25) is 19.4 Å². The van der Waals surface area contributed by atoms with Gasteiger partial charge in [-0.15, -0.1) is 0 Å². The summed E-state index contributed by atoms with van der Waals surface area (Å²) in [6.07, 6.45) is 4.71. The molecule has 0 aliphatic carbocycles. The zero-order chi connectivity index (χ0) is 20.7. The summed E-state index contributed by atoms with van der Waals surface area (Å²) in [4.78, 5) is 24.6. The summed E-state index contributed by atoms with van der Waals surface area (Å²) in [5.74, 6) is 0. The Hall–Kier alpha value is -3.19. The van der Waals surface area contributed by atoms with Gasteiger partial charge in [0, 0.05) is 68.8 Å². The summed E-state index contributed by atoms with van der Waals surface area (Å²) < 4.78 is 1.86. The second kappa shape index (κ2) is 7.57. The molecule has 1 aliphatic heterocycles. The molecule has 1 fully saturated rings. The molecule has 5 rings (SSSR count). The minimum atomic E-state index is -0.0110. The van der Waals surface area contributed by atoms with Crippen LogP contribution in [0.4, 0.5) is 5.69 Å². The van der Waals surface area contributed by atoms with Gasteiger partial charge in [-0.05, 0) is 42.3 Å². The Bertz CT molecular complexity index is 1270. The fourth-order valence-electron chi connectivity index (χ4n) is 4.27. The van der Waals surface area contributed by atoms with Gasteiger partial charge in [0.1, 0.15) is 0 Å². The van der Waals surface area contributed by atoms with E-state index in [0.29, 0.717) is 6.42 Å². The molecule has 4 aromatic rings. The Kier molecular flexibility index (Phi) is 4.75. The number of fused-ring (bicyclic) bond motifs is 2. The van der Waals surface area contributed by atoms with E-state index in [4.69, 9.17) is 0 Å². The number of aromatic amines is 1. The number of nitrogens with one attached hydrogen (secondary N) is 1. The molecular weight excluding hydrogens is 376 g/mol. The van der Waals surface area contributed by atoms with Crippen molar-refractivity contribution in [3.8, 4) is 0 Å². The van der Waals surface area contributed by atoms with Crippen LogP contribution >= 0.6 is 0 Å². The van der Waals surface area contributed by atoms with Gasteiger partial charge < -0.3 is 9.88 Å². The number of hydrogen-bond donors (Lipinski definition) is 1. The average molecular weight is 403 g/mol. The zero-order valence-electron chi connectivity index (χ0n) is 17.4. The molecule has 0 spiro atoms. The van der Waals surface area contributed by atoms with E-state index in [1.54, 1.807) is 0 Å². The highest BCUT2D eigenvalue weighted by atomic mass is 16.1. The molecule has 30 heavy (non-hydrogen) atoms. The van der Waals surface area contributed by atoms with Crippen molar-refractivity contribution in [1.29, 1.82) is 0 Å². The number of hydrogen-bond acceptors (Lipinski definition) is 5. The summed E-state index contributed by atoms with van der Waals surface area (Å²) in [6, 6.07) is 10.5. The fourth-order valence-corrected chi connectivity index (χ4v) is 4.27. The number of anilines is 1. The molecule has 0 unspecified atom stereocenters. The highest BCUT2D eigenvalue weighted by molar-refractivity contribution is 5.82. The third-order valence-electron chi connectivity index (χ3n) is 5.95. The van der Waals surface area contributed by atoms with E-state index in [9.17, 15) is 4.79 Å². The topological polar surface area (TPSA) is 70.1 Å². The molecule has 0 bridgehead atoms. The molecule has 7 heteroatoms. The van der Waals surface area contributed by atoms with Crippen molar-refractivity contribution in [3.63, 3.8) is 0 Å². The normalized spacial score (nSPS) is 15.3. The van der Waals surface area contributed by atoms with Crippen LogP contribution in [0.25, 0.3) is 21.9 Å². The molecule has 3 aromatic heterocycles. The highest BCUT2D eigenvalue weighted by Crippen LogP contribution is 2.23. The molecule has 4 heterocycles. The maximum absolute atomic E-state index is 12.1. The van der Waals surface area contributed by atoms with Crippen LogP contribution in [0.15, 0.2) is 47.5 Å². The molecule has 154 valence electrons. The smallest absolute Gasteiger partial charge is 0.251 e. The molecule has 1 saturated heterocycles. The molecule has 7 nitrogen and oxygen atoms in total. The predicted octanol–water partition coefficient (Wildman–Crippen LogP) is 2.69. The van der Waals surface area contributed by atoms with Gasteiger partial charge in [-0.25, -0.2) is 0 Å². The number of benzene rings is 1. The highest BCUT2D eigenvalue weighted by Gasteiger charge is 2.18. The summed E-state index contributed by atoms with van der Waals surface area (Å²) in [5, 5.41) is 5.64. The SMILES string of the molecule is CCc1cc2ncc(CN3CCN(c4ccc5nn(C)cc5c4)CC3)cc2[nH]c1=O. The van der Waals surface area contributed by atoms with Gasteiger partial charge in [0.25, 0.3) is 5.56 Å². The predicted molar refractivity (Wildman–Crippen MR) is 120 cm³/mol. The van der Waals surface area contributed by atoms with Gasteiger partial charge in [0.2, 0.25) is 0 Å². The molecule has 0 radical (unpaired) electrons. The maximum atomic E-state index is 12.1. The Balaban J connectivity index is 1.26. The first-order valence-electron chi connectivity index (χ1n) is 10.5. The second-order valence-electron chi connectivity index (χ2n) is 8.06. The molecule has 1 aromatic carbocycles. The molecule has 0 saturated carbocycles. The maximum Gasteiger partial charge on any atom is 0.251 e. The summed E-state index contributed by atoms with van der Waals surface area (Å²) >= 11 is 0. The van der Waals surface area contributed by atoms with E-state index < -0.39 is 0 Å². The van der Waals surface area contributed by atoms with E-state index in [2.05, 4.69) is 55.3 Å². The Labute approximate surface area is 174 Å². The monoisotopic (exact) mass is 402 g/mol. The first kappa shape index (κ1) is 18.8. The van der Waals surface area contributed by atoms with E-state index in [-0.39, 0.29) is 5.56 Å². The van der Waals surface area contributed by atoms with Gasteiger partial charge in [-0.1, -0.05) is 6.92 Å². The number of aromatic nitrogens is 4.